The summed E-state index contributed by atoms with van der Waals surface area (Å²) in [5, 5.41) is 2.81. The van der Waals surface area contributed by atoms with Crippen molar-refractivity contribution in [3.63, 3.8) is 0 Å². The molecule has 6 heteroatoms. The minimum absolute atomic E-state index is 0.0811. The standard InChI is InChI=1S/C13H23F3N2O/c1-9(11(19)17-12(2,3)4)18-7-5-6-10(8-18)13(14,15)16/h9-10H,5-8H2,1-4H3,(H,17,19)/t9-,10-/m1/s1. The van der Waals surface area contributed by atoms with E-state index in [1.165, 1.54) is 0 Å². The Balaban J connectivity index is 2.62. The van der Waals surface area contributed by atoms with Crippen molar-refractivity contribution in [3.8, 4) is 0 Å². The molecule has 1 fully saturated rings. The third-order valence-electron chi connectivity index (χ3n) is 3.34. The molecule has 0 aliphatic carbocycles. The Kier molecular flexibility index (Phi) is 4.87. The molecule has 0 unspecified atom stereocenters. The molecule has 0 aromatic heterocycles. The van der Waals surface area contributed by atoms with E-state index in [0.29, 0.717) is 13.0 Å². The molecule has 0 aromatic rings. The van der Waals surface area contributed by atoms with Gasteiger partial charge in [0, 0.05) is 12.1 Å². The molecule has 1 N–H and O–H groups in total. The van der Waals surface area contributed by atoms with E-state index in [0.717, 1.165) is 0 Å². The molecule has 0 radical (unpaired) electrons. The zero-order valence-electron chi connectivity index (χ0n) is 12.0. The largest absolute Gasteiger partial charge is 0.393 e. The Morgan fingerprint density at radius 1 is 1.32 bits per heavy atom. The number of nitrogens with zero attached hydrogens (tertiary/aromatic N) is 1. The monoisotopic (exact) mass is 280 g/mol. The summed E-state index contributed by atoms with van der Waals surface area (Å²) in [6, 6.07) is -0.524. The van der Waals surface area contributed by atoms with E-state index < -0.39 is 18.1 Å². The lowest BCUT2D eigenvalue weighted by Gasteiger charge is -2.37. The van der Waals surface area contributed by atoms with E-state index in [4.69, 9.17) is 0 Å². The lowest BCUT2D eigenvalue weighted by molar-refractivity contribution is -0.189. The number of piperidine rings is 1. The molecule has 0 spiro atoms. The van der Waals surface area contributed by atoms with Gasteiger partial charge in [-0.3, -0.25) is 9.69 Å². The lowest BCUT2D eigenvalue weighted by Crippen LogP contribution is -2.54. The smallest absolute Gasteiger partial charge is 0.350 e. The van der Waals surface area contributed by atoms with Gasteiger partial charge in [0.05, 0.1) is 12.0 Å². The van der Waals surface area contributed by atoms with Crippen molar-refractivity contribution in [2.45, 2.75) is 58.3 Å². The van der Waals surface area contributed by atoms with Crippen LogP contribution in [0.15, 0.2) is 0 Å². The predicted octanol–water partition coefficient (Wildman–Crippen LogP) is 2.56. The minimum atomic E-state index is -4.17. The molecule has 2 atom stereocenters. The third kappa shape index (κ3) is 5.01. The van der Waals surface area contributed by atoms with E-state index in [2.05, 4.69) is 5.32 Å². The summed E-state index contributed by atoms with van der Waals surface area (Å²) in [5.74, 6) is -1.53. The van der Waals surface area contributed by atoms with Gasteiger partial charge in [0.1, 0.15) is 0 Å². The zero-order chi connectivity index (χ0) is 14.8. The molecule has 112 valence electrons. The fourth-order valence-corrected chi connectivity index (χ4v) is 2.27. The molecular weight excluding hydrogens is 257 g/mol. The average Bonchev–Trinajstić information content (AvgIpc) is 2.24. The molecule has 19 heavy (non-hydrogen) atoms. The van der Waals surface area contributed by atoms with Crippen LogP contribution in [0, 0.1) is 5.92 Å². The van der Waals surface area contributed by atoms with Crippen LogP contribution < -0.4 is 5.32 Å². The van der Waals surface area contributed by atoms with Crippen molar-refractivity contribution in [2.24, 2.45) is 5.92 Å². The van der Waals surface area contributed by atoms with Crippen LogP contribution in [0.5, 0.6) is 0 Å². The van der Waals surface area contributed by atoms with Crippen LogP contribution in [-0.2, 0) is 4.79 Å². The maximum Gasteiger partial charge on any atom is 0.393 e. The maximum absolute atomic E-state index is 12.7. The fraction of sp³-hybridized carbons (Fsp3) is 0.923. The van der Waals surface area contributed by atoms with E-state index in [1.807, 2.05) is 20.8 Å². The number of alkyl halides is 3. The summed E-state index contributed by atoms with van der Waals surface area (Å²) >= 11 is 0. The lowest BCUT2D eigenvalue weighted by atomic mass is 9.96. The average molecular weight is 280 g/mol. The van der Waals surface area contributed by atoms with Crippen molar-refractivity contribution >= 4 is 5.91 Å². The summed E-state index contributed by atoms with van der Waals surface area (Å²) in [4.78, 5) is 13.6. The normalized spacial score (nSPS) is 24.1. The summed E-state index contributed by atoms with van der Waals surface area (Å²) in [6.07, 6.45) is -3.52. The van der Waals surface area contributed by atoms with E-state index >= 15 is 0 Å². The third-order valence-corrected chi connectivity index (χ3v) is 3.34. The summed E-state index contributed by atoms with van der Waals surface area (Å²) < 4.78 is 38.2. The highest BCUT2D eigenvalue weighted by molar-refractivity contribution is 5.81. The molecule has 1 rings (SSSR count). The Bertz CT molecular complexity index is 323. The Hall–Kier alpha value is -0.780. The molecule has 1 aliphatic heterocycles. The Morgan fingerprint density at radius 3 is 2.37 bits per heavy atom. The maximum atomic E-state index is 12.7. The van der Waals surface area contributed by atoms with Gasteiger partial charge in [-0.2, -0.15) is 13.2 Å². The number of likely N-dealkylation sites (tertiary alicyclic amines) is 1. The van der Waals surface area contributed by atoms with Crippen LogP contribution in [0.1, 0.15) is 40.5 Å². The molecular formula is C13H23F3N2O. The molecule has 1 saturated heterocycles. The van der Waals surface area contributed by atoms with Gasteiger partial charge < -0.3 is 5.32 Å². The van der Waals surface area contributed by atoms with Crippen LogP contribution >= 0.6 is 0 Å². The van der Waals surface area contributed by atoms with Crippen LogP contribution in [0.4, 0.5) is 13.2 Å². The van der Waals surface area contributed by atoms with Crippen molar-refractivity contribution in [3.05, 3.63) is 0 Å². The van der Waals surface area contributed by atoms with E-state index in [-0.39, 0.29) is 24.4 Å². The van der Waals surface area contributed by atoms with Gasteiger partial charge in [-0.25, -0.2) is 0 Å². The number of amides is 1. The zero-order valence-corrected chi connectivity index (χ0v) is 12.0. The number of rotatable bonds is 2. The number of carbonyl (C=O) groups excluding carboxylic acids is 1. The second-order valence-electron chi connectivity index (χ2n) is 6.29. The summed E-state index contributed by atoms with van der Waals surface area (Å²) in [5.41, 5.74) is -0.370. The molecule has 1 heterocycles. The SMILES string of the molecule is C[C@H](C(=O)NC(C)(C)C)N1CCC[C@@H](C(F)(F)F)C1. The number of halogens is 3. The van der Waals surface area contributed by atoms with Crippen molar-refractivity contribution < 1.29 is 18.0 Å². The van der Waals surface area contributed by atoms with Gasteiger partial charge in [0.25, 0.3) is 0 Å². The van der Waals surface area contributed by atoms with E-state index in [9.17, 15) is 18.0 Å². The number of nitrogens with one attached hydrogen (secondary N) is 1. The number of hydrogen-bond acceptors (Lipinski definition) is 2. The first-order valence-electron chi connectivity index (χ1n) is 6.63. The van der Waals surface area contributed by atoms with Gasteiger partial charge in [0.15, 0.2) is 0 Å². The second kappa shape index (κ2) is 5.69. The first-order valence-corrected chi connectivity index (χ1v) is 6.63. The molecule has 1 amide bonds. The molecule has 0 aromatic carbocycles. The topological polar surface area (TPSA) is 32.3 Å². The van der Waals surface area contributed by atoms with Crippen molar-refractivity contribution in [1.29, 1.82) is 0 Å². The number of carbonyl (C=O) groups is 1. The Morgan fingerprint density at radius 2 is 1.89 bits per heavy atom. The highest BCUT2D eigenvalue weighted by Gasteiger charge is 2.43. The van der Waals surface area contributed by atoms with Crippen molar-refractivity contribution in [2.75, 3.05) is 13.1 Å². The van der Waals surface area contributed by atoms with Crippen LogP contribution in [0.25, 0.3) is 0 Å². The first-order chi connectivity index (χ1) is 8.50. The van der Waals surface area contributed by atoms with Crippen molar-refractivity contribution in [1.82, 2.24) is 10.2 Å². The highest BCUT2D eigenvalue weighted by Crippen LogP contribution is 2.33. The van der Waals surface area contributed by atoms with Crippen LogP contribution in [0.3, 0.4) is 0 Å². The predicted molar refractivity (Wildman–Crippen MR) is 67.7 cm³/mol. The molecule has 0 saturated carbocycles. The first kappa shape index (κ1) is 16.3. The van der Waals surface area contributed by atoms with Gasteiger partial charge in [0.2, 0.25) is 5.91 Å². The summed E-state index contributed by atoms with van der Waals surface area (Å²) in [7, 11) is 0. The van der Waals surface area contributed by atoms with Gasteiger partial charge >= 0.3 is 6.18 Å². The molecule has 3 nitrogen and oxygen atoms in total. The quantitative estimate of drug-likeness (QED) is 0.843. The number of hydrogen-bond donors (Lipinski definition) is 1. The van der Waals surface area contributed by atoms with Gasteiger partial charge in [-0.15, -0.1) is 0 Å². The Labute approximate surface area is 112 Å². The van der Waals surface area contributed by atoms with E-state index in [1.54, 1.807) is 11.8 Å². The minimum Gasteiger partial charge on any atom is -0.350 e. The summed E-state index contributed by atoms with van der Waals surface area (Å²) in [6.45, 7) is 7.69. The van der Waals surface area contributed by atoms with Gasteiger partial charge in [-0.05, 0) is 47.1 Å². The highest BCUT2D eigenvalue weighted by atomic mass is 19.4. The molecule has 1 aliphatic rings. The second-order valence-corrected chi connectivity index (χ2v) is 6.29. The molecule has 0 bridgehead atoms. The van der Waals surface area contributed by atoms with Crippen LogP contribution in [0.2, 0.25) is 0 Å². The van der Waals surface area contributed by atoms with Gasteiger partial charge in [-0.1, -0.05) is 0 Å². The fourth-order valence-electron chi connectivity index (χ4n) is 2.27. The van der Waals surface area contributed by atoms with Crippen LogP contribution in [-0.4, -0.2) is 41.7 Å².